The Morgan fingerprint density at radius 1 is 1.08 bits per heavy atom. The highest BCUT2D eigenvalue weighted by atomic mass is 16.7. The molecular formula is C20H25NO3. The minimum absolute atomic E-state index is 0.0107. The largest absolute Gasteiger partial charge is 0.454 e. The van der Waals surface area contributed by atoms with Crippen molar-refractivity contribution in [2.24, 2.45) is 23.2 Å². The number of carbonyl (C=O) groups excluding carboxylic acids is 1. The molecule has 128 valence electrons. The summed E-state index contributed by atoms with van der Waals surface area (Å²) < 4.78 is 10.7. The van der Waals surface area contributed by atoms with E-state index in [2.05, 4.69) is 12.2 Å². The Kier molecular flexibility index (Phi) is 3.13. The molecule has 0 spiro atoms. The molecule has 1 aliphatic heterocycles. The average molecular weight is 327 g/mol. The second-order valence-corrected chi connectivity index (χ2v) is 8.54. The van der Waals surface area contributed by atoms with Gasteiger partial charge in [-0.3, -0.25) is 4.79 Å². The standard InChI is InChI=1S/C20H25NO3/c1-12(20-8-13-4-14(9-20)6-15(5-13)10-20)21-19(22)16-2-3-17-18(7-16)24-11-23-17/h2-3,7,12-15H,4-6,8-11H2,1H3,(H,21,22)/t12-,13?,14?,15?,20?/m1/s1. The van der Waals surface area contributed by atoms with Crippen LogP contribution in [0.2, 0.25) is 0 Å². The van der Waals surface area contributed by atoms with Gasteiger partial charge in [-0.05, 0) is 86.8 Å². The van der Waals surface area contributed by atoms with Gasteiger partial charge < -0.3 is 14.8 Å². The lowest BCUT2D eigenvalue weighted by Crippen LogP contribution is -2.55. The summed E-state index contributed by atoms with van der Waals surface area (Å²) in [5.41, 5.74) is 0.997. The molecular weight excluding hydrogens is 302 g/mol. The third-order valence-electron chi connectivity index (χ3n) is 6.99. The van der Waals surface area contributed by atoms with E-state index in [0.717, 1.165) is 23.5 Å². The number of amides is 1. The van der Waals surface area contributed by atoms with E-state index in [1.54, 1.807) is 6.07 Å². The zero-order valence-corrected chi connectivity index (χ0v) is 14.2. The second kappa shape index (κ2) is 5.14. The van der Waals surface area contributed by atoms with Gasteiger partial charge in [0.05, 0.1) is 0 Å². The van der Waals surface area contributed by atoms with Gasteiger partial charge in [0, 0.05) is 11.6 Å². The van der Waals surface area contributed by atoms with Crippen molar-refractivity contribution in [1.29, 1.82) is 0 Å². The van der Waals surface area contributed by atoms with Gasteiger partial charge in [0.1, 0.15) is 0 Å². The van der Waals surface area contributed by atoms with Crippen LogP contribution < -0.4 is 14.8 Å². The second-order valence-electron chi connectivity index (χ2n) is 8.54. The van der Waals surface area contributed by atoms with Crippen molar-refractivity contribution in [1.82, 2.24) is 5.32 Å². The Balaban J connectivity index is 1.33. The first-order chi connectivity index (χ1) is 11.6. The van der Waals surface area contributed by atoms with Crippen LogP contribution in [0.15, 0.2) is 18.2 Å². The number of benzene rings is 1. The molecule has 0 unspecified atom stereocenters. The smallest absolute Gasteiger partial charge is 0.251 e. The summed E-state index contributed by atoms with van der Waals surface area (Å²) in [7, 11) is 0. The zero-order valence-electron chi connectivity index (χ0n) is 14.2. The van der Waals surface area contributed by atoms with Gasteiger partial charge in [-0.2, -0.15) is 0 Å². The van der Waals surface area contributed by atoms with Crippen LogP contribution in [0.25, 0.3) is 0 Å². The van der Waals surface area contributed by atoms with Gasteiger partial charge in [0.15, 0.2) is 11.5 Å². The molecule has 4 saturated carbocycles. The fraction of sp³-hybridized carbons (Fsp3) is 0.650. The van der Waals surface area contributed by atoms with Crippen LogP contribution in [0.5, 0.6) is 11.5 Å². The third-order valence-corrected chi connectivity index (χ3v) is 6.99. The number of fused-ring (bicyclic) bond motifs is 1. The molecule has 0 radical (unpaired) electrons. The van der Waals surface area contributed by atoms with E-state index in [9.17, 15) is 4.79 Å². The van der Waals surface area contributed by atoms with Gasteiger partial charge in [0.2, 0.25) is 6.79 Å². The van der Waals surface area contributed by atoms with Gasteiger partial charge in [-0.25, -0.2) is 0 Å². The van der Waals surface area contributed by atoms with E-state index in [0.29, 0.717) is 16.7 Å². The Morgan fingerprint density at radius 2 is 1.71 bits per heavy atom. The summed E-state index contributed by atoms with van der Waals surface area (Å²) in [5.74, 6) is 4.12. The fourth-order valence-corrected chi connectivity index (χ4v) is 6.18. The number of nitrogens with one attached hydrogen (secondary N) is 1. The van der Waals surface area contributed by atoms with Crippen LogP contribution in [-0.4, -0.2) is 18.7 Å². The summed E-state index contributed by atoms with van der Waals surface area (Å²) in [6, 6.07) is 5.69. The SMILES string of the molecule is C[C@@H](NC(=O)c1ccc2c(c1)OCO2)C12CC3CC(CC(C3)C1)C2. The van der Waals surface area contributed by atoms with Gasteiger partial charge in [0.25, 0.3) is 5.91 Å². The molecule has 4 nitrogen and oxygen atoms in total. The predicted molar refractivity (Wildman–Crippen MR) is 90.1 cm³/mol. The Labute approximate surface area is 142 Å². The maximum absolute atomic E-state index is 12.7. The van der Waals surface area contributed by atoms with E-state index in [1.807, 2.05) is 12.1 Å². The summed E-state index contributed by atoms with van der Waals surface area (Å²) in [4.78, 5) is 12.7. The van der Waals surface area contributed by atoms with E-state index >= 15 is 0 Å². The highest BCUT2D eigenvalue weighted by Gasteiger charge is 2.53. The number of rotatable bonds is 3. The lowest BCUT2D eigenvalue weighted by Gasteiger charge is -2.59. The third kappa shape index (κ3) is 2.22. The molecule has 1 aromatic carbocycles. The molecule has 4 bridgehead atoms. The van der Waals surface area contributed by atoms with Crippen molar-refractivity contribution < 1.29 is 14.3 Å². The van der Waals surface area contributed by atoms with Crippen molar-refractivity contribution in [2.75, 3.05) is 6.79 Å². The van der Waals surface area contributed by atoms with Crippen LogP contribution in [-0.2, 0) is 0 Å². The zero-order chi connectivity index (χ0) is 16.3. The van der Waals surface area contributed by atoms with E-state index in [-0.39, 0.29) is 18.7 Å². The van der Waals surface area contributed by atoms with Crippen molar-refractivity contribution in [3.63, 3.8) is 0 Å². The summed E-state index contributed by atoms with van der Waals surface area (Å²) in [5, 5.41) is 3.31. The first-order valence-electron chi connectivity index (χ1n) is 9.32. The Hall–Kier alpha value is -1.71. The number of hydrogen-bond acceptors (Lipinski definition) is 3. The van der Waals surface area contributed by atoms with Crippen LogP contribution in [0, 0.1) is 23.2 Å². The van der Waals surface area contributed by atoms with Crippen molar-refractivity contribution in [3.8, 4) is 11.5 Å². The molecule has 24 heavy (non-hydrogen) atoms. The average Bonchev–Trinajstić information content (AvgIpc) is 3.01. The Bertz CT molecular complexity index is 648. The minimum Gasteiger partial charge on any atom is -0.454 e. The quantitative estimate of drug-likeness (QED) is 0.920. The van der Waals surface area contributed by atoms with Gasteiger partial charge >= 0.3 is 0 Å². The fourth-order valence-electron chi connectivity index (χ4n) is 6.18. The highest BCUT2D eigenvalue weighted by Crippen LogP contribution is 2.61. The molecule has 1 N–H and O–H groups in total. The minimum atomic E-state index is 0.0107. The maximum Gasteiger partial charge on any atom is 0.251 e. The normalized spacial score (nSPS) is 36.6. The van der Waals surface area contributed by atoms with Crippen molar-refractivity contribution in [2.45, 2.75) is 51.5 Å². The lowest BCUT2D eigenvalue weighted by atomic mass is 9.48. The lowest BCUT2D eigenvalue weighted by molar-refractivity contribution is -0.0688. The number of carbonyl (C=O) groups is 1. The number of ether oxygens (including phenoxy) is 2. The van der Waals surface area contributed by atoms with Gasteiger partial charge in [-0.1, -0.05) is 0 Å². The summed E-state index contributed by atoms with van der Waals surface area (Å²) in [6.07, 6.45) is 8.22. The first kappa shape index (κ1) is 14.6. The monoisotopic (exact) mass is 327 g/mol. The van der Waals surface area contributed by atoms with E-state index < -0.39 is 0 Å². The van der Waals surface area contributed by atoms with Crippen LogP contribution in [0.4, 0.5) is 0 Å². The molecule has 0 aromatic heterocycles. The molecule has 5 aliphatic rings. The molecule has 4 fully saturated rings. The van der Waals surface area contributed by atoms with Crippen molar-refractivity contribution >= 4 is 5.91 Å². The first-order valence-corrected chi connectivity index (χ1v) is 9.32. The molecule has 0 saturated heterocycles. The maximum atomic E-state index is 12.7. The molecule has 6 rings (SSSR count). The molecule has 4 heteroatoms. The van der Waals surface area contributed by atoms with Crippen molar-refractivity contribution in [3.05, 3.63) is 23.8 Å². The predicted octanol–water partition coefficient (Wildman–Crippen LogP) is 3.75. The molecule has 1 atom stereocenters. The molecule has 1 aromatic rings. The molecule has 1 heterocycles. The summed E-state index contributed by atoms with van der Waals surface area (Å²) in [6.45, 7) is 2.46. The highest BCUT2D eigenvalue weighted by molar-refractivity contribution is 5.95. The van der Waals surface area contributed by atoms with Gasteiger partial charge in [-0.15, -0.1) is 0 Å². The van der Waals surface area contributed by atoms with Crippen LogP contribution >= 0.6 is 0 Å². The van der Waals surface area contributed by atoms with Crippen LogP contribution in [0.3, 0.4) is 0 Å². The Morgan fingerprint density at radius 3 is 2.38 bits per heavy atom. The summed E-state index contributed by atoms with van der Waals surface area (Å²) >= 11 is 0. The molecule has 1 amide bonds. The topological polar surface area (TPSA) is 47.6 Å². The van der Waals surface area contributed by atoms with E-state index in [1.165, 1.54) is 38.5 Å². The number of hydrogen-bond donors (Lipinski definition) is 1. The van der Waals surface area contributed by atoms with Crippen LogP contribution in [0.1, 0.15) is 55.8 Å². The van der Waals surface area contributed by atoms with E-state index in [4.69, 9.17) is 9.47 Å². The molecule has 4 aliphatic carbocycles.